The van der Waals surface area contributed by atoms with Gasteiger partial charge in [-0.15, -0.1) is 11.3 Å². The average Bonchev–Trinajstić information content (AvgIpc) is 3.01. The van der Waals surface area contributed by atoms with Crippen LogP contribution in [0.4, 0.5) is 0 Å². The van der Waals surface area contributed by atoms with E-state index in [1.807, 2.05) is 6.07 Å². The molecule has 5 heteroatoms. The second kappa shape index (κ2) is 4.02. The number of benzene rings is 1. The van der Waals surface area contributed by atoms with Crippen LogP contribution in [0.3, 0.4) is 0 Å². The van der Waals surface area contributed by atoms with Crippen molar-refractivity contribution in [3.8, 4) is 0 Å². The Kier molecular flexibility index (Phi) is 2.43. The molecule has 0 spiro atoms. The zero-order valence-electron chi connectivity index (χ0n) is 9.39. The van der Waals surface area contributed by atoms with E-state index < -0.39 is 0 Å². The Bertz CT molecular complexity index is 702. The molecule has 90 valence electrons. The van der Waals surface area contributed by atoms with Crippen molar-refractivity contribution in [2.45, 2.75) is 0 Å². The lowest BCUT2D eigenvalue weighted by Crippen LogP contribution is -2.19. The summed E-state index contributed by atoms with van der Waals surface area (Å²) in [5.74, 6) is 0. The molecular formula is C13H9ClN2S2. The minimum atomic E-state index is 0.795. The van der Waals surface area contributed by atoms with E-state index in [2.05, 4.69) is 32.8 Å². The van der Waals surface area contributed by atoms with Crippen molar-refractivity contribution < 1.29 is 0 Å². The molecule has 0 bridgehead atoms. The number of nitrogens with zero attached hydrogens (tertiary/aromatic N) is 2. The Balaban J connectivity index is 1.88. The summed E-state index contributed by atoms with van der Waals surface area (Å²) in [6, 6.07) is 6.09. The molecule has 0 aliphatic carbocycles. The molecule has 2 aliphatic rings. The Labute approximate surface area is 118 Å². The van der Waals surface area contributed by atoms with Gasteiger partial charge in [-0.25, -0.2) is 0 Å². The summed E-state index contributed by atoms with van der Waals surface area (Å²) in [5, 5.41) is 7.58. The third kappa shape index (κ3) is 1.53. The van der Waals surface area contributed by atoms with Gasteiger partial charge in [-0.2, -0.15) is 0 Å². The third-order valence-corrected chi connectivity index (χ3v) is 5.28. The van der Waals surface area contributed by atoms with Gasteiger partial charge in [0.05, 0.1) is 12.2 Å². The monoisotopic (exact) mass is 292 g/mol. The van der Waals surface area contributed by atoms with Crippen LogP contribution < -0.4 is 0 Å². The van der Waals surface area contributed by atoms with Crippen LogP contribution in [-0.4, -0.2) is 23.2 Å². The van der Waals surface area contributed by atoms with E-state index >= 15 is 0 Å². The highest BCUT2D eigenvalue weighted by Gasteiger charge is 2.28. The number of rotatable bonds is 1. The molecule has 1 aromatic heterocycles. The first-order chi connectivity index (χ1) is 8.83. The highest BCUT2D eigenvalue weighted by molar-refractivity contribution is 8.16. The summed E-state index contributed by atoms with van der Waals surface area (Å²) in [6.45, 7) is 1.90. The first kappa shape index (κ1) is 10.9. The number of aliphatic imine (C=N–C) groups is 1. The van der Waals surface area contributed by atoms with Crippen LogP contribution in [0.15, 0.2) is 34.0 Å². The molecule has 0 unspecified atom stereocenters. The predicted molar refractivity (Wildman–Crippen MR) is 81.4 cm³/mol. The number of hydrogen-bond donors (Lipinski definition) is 0. The normalized spacial score (nSPS) is 18.2. The molecule has 0 radical (unpaired) electrons. The van der Waals surface area contributed by atoms with Crippen LogP contribution in [0.5, 0.6) is 0 Å². The maximum absolute atomic E-state index is 6.11. The lowest BCUT2D eigenvalue weighted by molar-refractivity contribution is 0.651. The molecule has 0 fully saturated rings. The summed E-state index contributed by atoms with van der Waals surface area (Å²) in [4.78, 5) is 6.78. The summed E-state index contributed by atoms with van der Waals surface area (Å²) in [5.41, 5.74) is 2.54. The summed E-state index contributed by atoms with van der Waals surface area (Å²) in [7, 11) is 0. The van der Waals surface area contributed by atoms with E-state index in [1.165, 1.54) is 21.3 Å². The highest BCUT2D eigenvalue weighted by atomic mass is 35.5. The van der Waals surface area contributed by atoms with Gasteiger partial charge in [-0.1, -0.05) is 23.4 Å². The van der Waals surface area contributed by atoms with Gasteiger partial charge >= 0.3 is 0 Å². The van der Waals surface area contributed by atoms with E-state index in [1.54, 1.807) is 23.1 Å². The summed E-state index contributed by atoms with van der Waals surface area (Å²) < 4.78 is 1.28. The van der Waals surface area contributed by atoms with Gasteiger partial charge in [-0.05, 0) is 18.2 Å². The fourth-order valence-electron chi connectivity index (χ4n) is 2.33. The number of thioether (sulfide) groups is 1. The highest BCUT2D eigenvalue weighted by Crippen LogP contribution is 2.40. The maximum Gasteiger partial charge on any atom is 0.168 e. The van der Waals surface area contributed by atoms with E-state index in [0.717, 1.165) is 23.3 Å². The van der Waals surface area contributed by atoms with Crippen molar-refractivity contribution in [2.24, 2.45) is 4.99 Å². The number of thiophene rings is 1. The quantitative estimate of drug-likeness (QED) is 0.780. The van der Waals surface area contributed by atoms with Crippen molar-refractivity contribution >= 4 is 55.7 Å². The number of hydrogen-bond acceptors (Lipinski definition) is 4. The molecule has 0 saturated heterocycles. The second-order valence-corrected chi connectivity index (χ2v) is 6.41. The number of fused-ring (bicyclic) bond motifs is 2. The average molecular weight is 293 g/mol. The van der Waals surface area contributed by atoms with Crippen LogP contribution in [0.25, 0.3) is 15.8 Å². The fourth-order valence-corrected chi connectivity index (χ4v) is 4.39. The SMILES string of the molecule is Clc1ccc2scc(C3=CSC4=NCCN34)c2c1. The van der Waals surface area contributed by atoms with Crippen LogP contribution in [0.2, 0.25) is 5.02 Å². The Morgan fingerprint density at radius 3 is 3.22 bits per heavy atom. The summed E-state index contributed by atoms with van der Waals surface area (Å²) in [6.07, 6.45) is 0. The maximum atomic E-state index is 6.11. The van der Waals surface area contributed by atoms with Crippen molar-refractivity contribution in [1.29, 1.82) is 0 Å². The minimum Gasteiger partial charge on any atom is -0.318 e. The van der Waals surface area contributed by atoms with Crippen molar-refractivity contribution in [3.63, 3.8) is 0 Å². The van der Waals surface area contributed by atoms with Gasteiger partial charge in [-0.3, -0.25) is 4.99 Å². The fraction of sp³-hybridized carbons (Fsp3) is 0.154. The smallest absolute Gasteiger partial charge is 0.168 e. The van der Waals surface area contributed by atoms with Crippen molar-refractivity contribution in [1.82, 2.24) is 4.90 Å². The van der Waals surface area contributed by atoms with E-state index in [0.29, 0.717) is 0 Å². The first-order valence-electron chi connectivity index (χ1n) is 5.69. The van der Waals surface area contributed by atoms with Crippen LogP contribution in [-0.2, 0) is 0 Å². The lowest BCUT2D eigenvalue weighted by atomic mass is 10.1. The predicted octanol–water partition coefficient (Wildman–Crippen LogP) is 4.27. The molecule has 2 aliphatic heterocycles. The van der Waals surface area contributed by atoms with Crippen LogP contribution in [0, 0.1) is 0 Å². The summed E-state index contributed by atoms with van der Waals surface area (Å²) >= 11 is 9.59. The third-order valence-electron chi connectivity index (χ3n) is 3.18. The topological polar surface area (TPSA) is 15.6 Å². The van der Waals surface area contributed by atoms with Gasteiger partial charge in [0, 0.05) is 38.0 Å². The zero-order chi connectivity index (χ0) is 12.1. The molecule has 0 amide bonds. The molecule has 1 aromatic carbocycles. The second-order valence-electron chi connectivity index (χ2n) is 4.23. The Morgan fingerprint density at radius 2 is 2.28 bits per heavy atom. The first-order valence-corrected chi connectivity index (χ1v) is 7.82. The lowest BCUT2D eigenvalue weighted by Gasteiger charge is -2.15. The van der Waals surface area contributed by atoms with Crippen molar-refractivity contribution in [3.05, 3.63) is 39.6 Å². The van der Waals surface area contributed by atoms with Gasteiger partial charge in [0.2, 0.25) is 0 Å². The van der Waals surface area contributed by atoms with Crippen LogP contribution >= 0.6 is 34.7 Å². The molecule has 18 heavy (non-hydrogen) atoms. The molecule has 3 heterocycles. The zero-order valence-corrected chi connectivity index (χ0v) is 11.8. The van der Waals surface area contributed by atoms with Gasteiger partial charge in [0.15, 0.2) is 5.17 Å². The molecule has 0 N–H and O–H groups in total. The van der Waals surface area contributed by atoms with Gasteiger partial charge in [0.25, 0.3) is 0 Å². The minimum absolute atomic E-state index is 0.795. The molecule has 0 atom stereocenters. The standard InChI is InChI=1S/C13H9ClN2S2/c14-8-1-2-12-9(5-8)10(6-17-12)11-7-18-13-15-3-4-16(11)13/h1-2,5-7H,3-4H2. The molecule has 4 rings (SSSR count). The van der Waals surface area contributed by atoms with Crippen LogP contribution in [0.1, 0.15) is 5.56 Å². The Hall–Kier alpha value is -0.970. The van der Waals surface area contributed by atoms with Gasteiger partial charge in [0.1, 0.15) is 0 Å². The van der Waals surface area contributed by atoms with Gasteiger partial charge < -0.3 is 4.90 Å². The van der Waals surface area contributed by atoms with E-state index in [-0.39, 0.29) is 0 Å². The van der Waals surface area contributed by atoms with E-state index in [4.69, 9.17) is 11.6 Å². The van der Waals surface area contributed by atoms with Crippen molar-refractivity contribution in [2.75, 3.05) is 13.1 Å². The Morgan fingerprint density at radius 1 is 1.33 bits per heavy atom. The number of amidine groups is 1. The molecular weight excluding hydrogens is 284 g/mol. The molecule has 2 nitrogen and oxygen atoms in total. The largest absolute Gasteiger partial charge is 0.318 e. The molecule has 0 saturated carbocycles. The molecule has 2 aromatic rings. The number of halogens is 1. The van der Waals surface area contributed by atoms with E-state index in [9.17, 15) is 0 Å².